The molecule has 1 aliphatic rings. The van der Waals surface area contributed by atoms with E-state index in [0.717, 1.165) is 12.1 Å². The predicted molar refractivity (Wildman–Crippen MR) is 130 cm³/mol. The summed E-state index contributed by atoms with van der Waals surface area (Å²) < 4.78 is 51.2. The number of nitrogens with one attached hydrogen (secondary N) is 1. The van der Waals surface area contributed by atoms with E-state index in [-0.39, 0.29) is 11.7 Å². The van der Waals surface area contributed by atoms with Crippen LogP contribution in [0.5, 0.6) is 5.88 Å². The Morgan fingerprint density at radius 3 is 2.22 bits per heavy atom. The van der Waals surface area contributed by atoms with Gasteiger partial charge in [-0.05, 0) is 30.9 Å². The molecule has 4 unspecified atom stereocenters. The molecule has 37 heavy (non-hydrogen) atoms. The number of carbonyl (C=O) groups excluding carboxylic acids is 1. The van der Waals surface area contributed by atoms with Gasteiger partial charge in [0.25, 0.3) is 0 Å². The zero-order valence-corrected chi connectivity index (χ0v) is 21.5. The van der Waals surface area contributed by atoms with Gasteiger partial charge in [-0.1, -0.05) is 51.1 Å². The molecule has 11 heteroatoms. The molecule has 202 valence electrons. The number of aliphatic carboxylic acids is 1. The molecule has 0 saturated carbocycles. The molecule has 1 aromatic carbocycles. The molecule has 0 bridgehead atoms. The Bertz CT molecular complexity index is 1120. The van der Waals surface area contributed by atoms with Crippen LogP contribution in [0.15, 0.2) is 42.5 Å². The molecule has 0 spiro atoms. The van der Waals surface area contributed by atoms with Crippen LogP contribution in [0.3, 0.4) is 0 Å². The molecule has 8 nitrogen and oxygen atoms in total. The lowest BCUT2D eigenvalue weighted by Crippen LogP contribution is -2.47. The first-order chi connectivity index (χ1) is 17.1. The van der Waals surface area contributed by atoms with Gasteiger partial charge >= 0.3 is 18.2 Å². The molecule has 0 radical (unpaired) electrons. The number of carboxylic acid groups (broad SMARTS) is 1. The first-order valence-corrected chi connectivity index (χ1v) is 11.8. The highest BCUT2D eigenvalue weighted by Crippen LogP contribution is 2.49. The fraction of sp³-hybridized carbons (Fsp3) is 0.500. The number of hydrogen-bond donors (Lipinski definition) is 2. The smallest absolute Gasteiger partial charge is 0.416 e. The van der Waals surface area contributed by atoms with Crippen LogP contribution in [0, 0.1) is 11.3 Å². The van der Waals surface area contributed by atoms with Gasteiger partial charge in [0.1, 0.15) is 11.9 Å². The van der Waals surface area contributed by atoms with Gasteiger partial charge in [-0.15, -0.1) is 0 Å². The highest BCUT2D eigenvalue weighted by Gasteiger charge is 2.59. The van der Waals surface area contributed by atoms with Crippen molar-refractivity contribution >= 4 is 17.9 Å². The number of methoxy groups -OCH3 is 1. The van der Waals surface area contributed by atoms with Gasteiger partial charge in [0.05, 0.1) is 30.9 Å². The van der Waals surface area contributed by atoms with Gasteiger partial charge < -0.3 is 19.9 Å². The summed E-state index contributed by atoms with van der Waals surface area (Å²) in [4.78, 5) is 31.3. The van der Waals surface area contributed by atoms with Gasteiger partial charge in [0.15, 0.2) is 0 Å². The number of nitrogens with zero attached hydrogens (tertiary/aromatic N) is 2. The van der Waals surface area contributed by atoms with Crippen molar-refractivity contribution in [3.05, 3.63) is 53.6 Å². The van der Waals surface area contributed by atoms with Gasteiger partial charge in [0.2, 0.25) is 5.88 Å². The summed E-state index contributed by atoms with van der Waals surface area (Å²) in [5.41, 5.74) is -1.08. The number of hydrogen-bond acceptors (Lipinski definition) is 6. The average molecular weight is 524 g/mol. The molecule has 0 aliphatic carbocycles. The average Bonchev–Trinajstić information content (AvgIpc) is 3.14. The lowest BCUT2D eigenvalue weighted by molar-refractivity contribution is -0.144. The van der Waals surface area contributed by atoms with E-state index in [1.807, 2.05) is 20.8 Å². The van der Waals surface area contributed by atoms with E-state index in [0.29, 0.717) is 5.56 Å². The highest BCUT2D eigenvalue weighted by molar-refractivity contribution is 5.82. The summed E-state index contributed by atoms with van der Waals surface area (Å²) in [7, 11) is 1.21. The predicted octanol–water partition coefficient (Wildman–Crippen LogP) is 5.61. The van der Waals surface area contributed by atoms with Crippen molar-refractivity contribution in [1.82, 2.24) is 9.88 Å². The van der Waals surface area contributed by atoms with Crippen LogP contribution in [0.2, 0.25) is 0 Å². The van der Waals surface area contributed by atoms with E-state index in [4.69, 9.17) is 9.47 Å². The lowest BCUT2D eigenvalue weighted by atomic mass is 9.72. The number of likely N-dealkylation sites (tertiary alicyclic amines) is 1. The van der Waals surface area contributed by atoms with Gasteiger partial charge in [0, 0.05) is 12.0 Å². The van der Waals surface area contributed by atoms with Gasteiger partial charge in [-0.25, -0.2) is 9.59 Å². The van der Waals surface area contributed by atoms with Crippen molar-refractivity contribution in [1.29, 1.82) is 0 Å². The van der Waals surface area contributed by atoms with Crippen molar-refractivity contribution in [2.75, 3.05) is 12.4 Å². The molecule has 1 aromatic heterocycles. The summed E-state index contributed by atoms with van der Waals surface area (Å²) in [6, 6.07) is 7.28. The highest BCUT2D eigenvalue weighted by atomic mass is 19.4. The second-order valence-corrected chi connectivity index (χ2v) is 10.3. The molecular formula is C26H32F3N3O5. The van der Waals surface area contributed by atoms with Crippen LogP contribution < -0.4 is 10.1 Å². The molecule has 1 aliphatic heterocycles. The van der Waals surface area contributed by atoms with Crippen molar-refractivity contribution in [3.8, 4) is 5.88 Å². The Balaban J connectivity index is 2.24. The van der Waals surface area contributed by atoms with E-state index >= 15 is 0 Å². The van der Waals surface area contributed by atoms with Crippen LogP contribution in [0.4, 0.5) is 23.8 Å². The summed E-state index contributed by atoms with van der Waals surface area (Å²) in [6.45, 7) is 8.76. The third-order valence-electron chi connectivity index (χ3n) is 6.26. The summed E-state index contributed by atoms with van der Waals surface area (Å²) >= 11 is 0. The van der Waals surface area contributed by atoms with Gasteiger partial charge in [-0.2, -0.15) is 18.2 Å². The Hall–Kier alpha value is -3.50. The SMILES string of the molecule is COc1cc(C(F)(F)F)cc(NC2C(c3ccccc3)N(C(=O)OC(C)C)C(C(=O)O)C2C(C)(C)C)n1. The Morgan fingerprint density at radius 2 is 1.73 bits per heavy atom. The Labute approximate surface area is 213 Å². The van der Waals surface area contributed by atoms with E-state index in [1.165, 1.54) is 12.0 Å². The molecule has 2 heterocycles. The summed E-state index contributed by atoms with van der Waals surface area (Å²) in [6.07, 6.45) is -6.02. The first kappa shape index (κ1) is 28.1. The number of alkyl halides is 3. The maximum atomic E-state index is 13.6. The number of aromatic nitrogens is 1. The third kappa shape index (κ3) is 6.08. The zero-order chi connectivity index (χ0) is 27.7. The molecule has 1 saturated heterocycles. The second kappa shape index (κ2) is 10.5. The van der Waals surface area contributed by atoms with E-state index in [9.17, 15) is 27.9 Å². The minimum atomic E-state index is -4.67. The van der Waals surface area contributed by atoms with Crippen molar-refractivity contribution in [3.63, 3.8) is 0 Å². The first-order valence-electron chi connectivity index (χ1n) is 11.8. The largest absolute Gasteiger partial charge is 0.481 e. The molecule has 1 amide bonds. The topological polar surface area (TPSA) is 101 Å². The van der Waals surface area contributed by atoms with Crippen molar-refractivity contribution < 1.29 is 37.3 Å². The molecular weight excluding hydrogens is 491 g/mol. The number of benzene rings is 1. The minimum Gasteiger partial charge on any atom is -0.481 e. The number of pyridine rings is 1. The number of anilines is 1. The fourth-order valence-electron chi connectivity index (χ4n) is 4.89. The standard InChI is InChI=1S/C26H32F3N3O5/c1-14(2)37-24(35)32-21(15-10-8-7-9-11-15)20(19(25(3,4)5)22(32)23(33)34)31-17-12-16(26(27,28)29)13-18(30-17)36-6/h7-14,19-22H,1-6H3,(H,30,31)(H,33,34). The second-order valence-electron chi connectivity index (χ2n) is 10.3. The number of ether oxygens (including phenoxy) is 2. The molecule has 3 rings (SSSR count). The Morgan fingerprint density at radius 1 is 1.11 bits per heavy atom. The molecule has 4 atom stereocenters. The third-order valence-corrected chi connectivity index (χ3v) is 6.26. The van der Waals surface area contributed by atoms with Crippen LogP contribution in [-0.4, -0.2) is 52.4 Å². The Kier molecular flexibility index (Phi) is 7.94. The minimum absolute atomic E-state index is 0.157. The summed E-state index contributed by atoms with van der Waals surface area (Å²) in [5.74, 6) is -2.42. The normalized spacial score (nSPS) is 22.2. The van der Waals surface area contributed by atoms with Crippen molar-refractivity contribution in [2.45, 2.75) is 65.0 Å². The number of carboxylic acids is 1. The van der Waals surface area contributed by atoms with E-state index < -0.39 is 59.4 Å². The van der Waals surface area contributed by atoms with Gasteiger partial charge in [-0.3, -0.25) is 4.90 Å². The number of carbonyl (C=O) groups is 2. The van der Waals surface area contributed by atoms with Crippen LogP contribution >= 0.6 is 0 Å². The van der Waals surface area contributed by atoms with Crippen molar-refractivity contribution in [2.24, 2.45) is 11.3 Å². The quantitative estimate of drug-likeness (QED) is 0.508. The number of amides is 1. The van der Waals surface area contributed by atoms with Crippen LogP contribution in [0.1, 0.15) is 51.8 Å². The summed E-state index contributed by atoms with van der Waals surface area (Å²) in [5, 5.41) is 13.4. The number of halogens is 3. The zero-order valence-electron chi connectivity index (χ0n) is 21.5. The van der Waals surface area contributed by atoms with Crippen LogP contribution in [0.25, 0.3) is 0 Å². The fourth-order valence-corrected chi connectivity index (χ4v) is 4.89. The van der Waals surface area contributed by atoms with E-state index in [2.05, 4.69) is 10.3 Å². The van der Waals surface area contributed by atoms with E-state index in [1.54, 1.807) is 44.2 Å². The lowest BCUT2D eigenvalue weighted by Gasteiger charge is -2.35. The molecule has 2 N–H and O–H groups in total. The molecule has 2 aromatic rings. The maximum Gasteiger partial charge on any atom is 0.416 e. The monoisotopic (exact) mass is 523 g/mol. The number of rotatable bonds is 6. The maximum absolute atomic E-state index is 13.6. The van der Waals surface area contributed by atoms with Crippen LogP contribution in [-0.2, 0) is 15.7 Å². The molecule has 1 fully saturated rings.